The highest BCUT2D eigenvalue weighted by Gasteiger charge is 2.47. The van der Waals surface area contributed by atoms with Crippen LogP contribution >= 0.6 is 11.8 Å². The minimum absolute atomic E-state index is 1.29. The summed E-state index contributed by atoms with van der Waals surface area (Å²) in [5.74, 6) is 0. The van der Waals surface area contributed by atoms with Crippen LogP contribution in [0.3, 0.4) is 0 Å². The summed E-state index contributed by atoms with van der Waals surface area (Å²) in [7, 11) is -2.59. The van der Waals surface area contributed by atoms with E-state index in [0.717, 1.165) is 0 Å². The van der Waals surface area contributed by atoms with E-state index in [-0.39, 0.29) is 0 Å². The van der Waals surface area contributed by atoms with E-state index in [1.165, 1.54) is 63.2 Å². The van der Waals surface area contributed by atoms with E-state index in [9.17, 15) is 0 Å². The topological polar surface area (TPSA) is 0 Å². The normalized spacial score (nSPS) is 13.9. The van der Waals surface area contributed by atoms with Gasteiger partial charge in [-0.05, 0) is 68.3 Å². The first-order chi connectivity index (χ1) is 17.6. The molecule has 172 valence electrons. The van der Waals surface area contributed by atoms with Crippen LogP contribution in [0.2, 0.25) is 0 Å². The van der Waals surface area contributed by atoms with E-state index < -0.39 is 8.07 Å². The van der Waals surface area contributed by atoms with E-state index in [1.54, 1.807) is 0 Å². The standard InChI is InChI=1S/C34H26SSi/c1-23-11-17-31-33(19-23)36(34-20-24(2)12-18-32(34)35-31,29-15-13-25-7-3-5-9-27(25)21-29)30-16-14-26-8-4-6-10-28(26)22-30/h3-22H,1-2H3. The van der Waals surface area contributed by atoms with Gasteiger partial charge in [0, 0.05) is 9.79 Å². The Balaban J connectivity index is 1.68. The number of fused-ring (bicyclic) bond motifs is 4. The average molecular weight is 495 g/mol. The summed E-state index contributed by atoms with van der Waals surface area (Å²) in [4.78, 5) is 2.79. The van der Waals surface area contributed by atoms with Crippen molar-refractivity contribution >= 4 is 62.1 Å². The van der Waals surface area contributed by atoms with Gasteiger partial charge in [0.05, 0.1) is 0 Å². The Hall–Kier alpha value is -3.59. The van der Waals surface area contributed by atoms with Crippen LogP contribution in [0.25, 0.3) is 21.5 Å². The van der Waals surface area contributed by atoms with Gasteiger partial charge in [0.15, 0.2) is 8.07 Å². The van der Waals surface area contributed by atoms with Crippen LogP contribution < -0.4 is 20.7 Å². The highest BCUT2D eigenvalue weighted by molar-refractivity contribution is 8.00. The molecule has 1 aliphatic rings. The lowest BCUT2D eigenvalue weighted by molar-refractivity contribution is 1.35. The number of hydrogen-bond donors (Lipinski definition) is 0. The zero-order valence-electron chi connectivity index (χ0n) is 20.5. The lowest BCUT2D eigenvalue weighted by Crippen LogP contribution is -2.76. The maximum Gasteiger partial charge on any atom is 0.181 e. The lowest BCUT2D eigenvalue weighted by Gasteiger charge is -2.40. The second kappa shape index (κ2) is 8.23. The molecule has 6 aromatic carbocycles. The molecule has 0 radical (unpaired) electrons. The largest absolute Gasteiger partial charge is 0.181 e. The molecule has 0 saturated carbocycles. The zero-order valence-corrected chi connectivity index (χ0v) is 22.3. The molecule has 36 heavy (non-hydrogen) atoms. The second-order valence-electron chi connectivity index (χ2n) is 9.98. The monoisotopic (exact) mass is 494 g/mol. The fourth-order valence-corrected chi connectivity index (χ4v) is 13.1. The Bertz CT molecular complexity index is 1670. The summed E-state index contributed by atoms with van der Waals surface area (Å²) in [5.41, 5.74) is 2.65. The van der Waals surface area contributed by atoms with E-state index >= 15 is 0 Å². The predicted molar refractivity (Wildman–Crippen MR) is 159 cm³/mol. The van der Waals surface area contributed by atoms with Gasteiger partial charge in [-0.3, -0.25) is 0 Å². The third kappa shape index (κ3) is 3.22. The smallest absolute Gasteiger partial charge is 0.0903 e. The van der Waals surface area contributed by atoms with Crippen molar-refractivity contribution < 1.29 is 0 Å². The Morgan fingerprint density at radius 2 is 0.889 bits per heavy atom. The van der Waals surface area contributed by atoms with Gasteiger partial charge in [0.2, 0.25) is 0 Å². The molecule has 2 heteroatoms. The van der Waals surface area contributed by atoms with Crippen LogP contribution in [-0.2, 0) is 0 Å². The summed E-state index contributed by atoms with van der Waals surface area (Å²) in [5, 5.41) is 11.1. The van der Waals surface area contributed by atoms with Gasteiger partial charge in [-0.15, -0.1) is 0 Å². The Kier molecular flexibility index (Phi) is 4.95. The van der Waals surface area contributed by atoms with Gasteiger partial charge in [-0.25, -0.2) is 0 Å². The molecule has 0 bridgehead atoms. The van der Waals surface area contributed by atoms with Gasteiger partial charge < -0.3 is 0 Å². The van der Waals surface area contributed by atoms with Crippen LogP contribution in [0, 0.1) is 13.8 Å². The molecule has 0 nitrogen and oxygen atoms in total. The molecule has 1 aliphatic heterocycles. The van der Waals surface area contributed by atoms with Crippen molar-refractivity contribution in [2.24, 2.45) is 0 Å². The second-order valence-corrected chi connectivity index (χ2v) is 14.8. The van der Waals surface area contributed by atoms with Crippen LogP contribution in [-0.4, -0.2) is 8.07 Å². The van der Waals surface area contributed by atoms with E-state index in [0.29, 0.717) is 0 Å². The van der Waals surface area contributed by atoms with Gasteiger partial charge in [0.25, 0.3) is 0 Å². The van der Waals surface area contributed by atoms with Crippen molar-refractivity contribution in [1.29, 1.82) is 0 Å². The molecule has 0 unspecified atom stereocenters. The van der Waals surface area contributed by atoms with Crippen LogP contribution in [0.4, 0.5) is 0 Å². The van der Waals surface area contributed by atoms with Crippen LogP contribution in [0.1, 0.15) is 11.1 Å². The minimum Gasteiger partial charge on any atom is -0.0903 e. The molecule has 0 N–H and O–H groups in total. The van der Waals surface area contributed by atoms with Gasteiger partial charge in [-0.1, -0.05) is 132 Å². The van der Waals surface area contributed by atoms with E-state index in [4.69, 9.17) is 0 Å². The van der Waals surface area contributed by atoms with Crippen LogP contribution in [0.5, 0.6) is 0 Å². The number of aryl methyl sites for hydroxylation is 2. The molecule has 1 heterocycles. The molecular weight excluding hydrogens is 469 g/mol. The molecule has 0 saturated heterocycles. The summed E-state index contributed by atoms with van der Waals surface area (Å²) < 4.78 is 0. The molecule has 6 aromatic rings. The summed E-state index contributed by atoms with van der Waals surface area (Å²) in [6, 6.07) is 46.2. The van der Waals surface area contributed by atoms with Crippen molar-refractivity contribution in [3.63, 3.8) is 0 Å². The SMILES string of the molecule is Cc1ccc2c(c1)[Si](c1ccc3ccccc3c1)(c1ccc3ccccc3c1)c1cc(C)ccc1S2. The van der Waals surface area contributed by atoms with Crippen molar-refractivity contribution in [1.82, 2.24) is 0 Å². The van der Waals surface area contributed by atoms with Crippen LogP contribution in [0.15, 0.2) is 131 Å². The summed E-state index contributed by atoms with van der Waals surface area (Å²) in [6.45, 7) is 4.47. The first kappa shape index (κ1) is 21.7. The minimum atomic E-state index is -2.59. The molecule has 0 spiro atoms. The molecule has 0 atom stereocenters. The number of rotatable bonds is 2. The van der Waals surface area contributed by atoms with Gasteiger partial charge in [-0.2, -0.15) is 0 Å². The van der Waals surface area contributed by atoms with Crippen molar-refractivity contribution in [3.05, 3.63) is 132 Å². The fourth-order valence-electron chi connectivity index (χ4n) is 5.95. The average Bonchev–Trinajstić information content (AvgIpc) is 2.91. The van der Waals surface area contributed by atoms with E-state index in [1.807, 2.05) is 11.8 Å². The highest BCUT2D eigenvalue weighted by Crippen LogP contribution is 2.34. The Morgan fingerprint density at radius 3 is 1.36 bits per heavy atom. The van der Waals surface area contributed by atoms with Crippen molar-refractivity contribution in [2.75, 3.05) is 0 Å². The predicted octanol–water partition coefficient (Wildman–Crippen LogP) is 6.45. The van der Waals surface area contributed by atoms with Crippen molar-refractivity contribution in [2.45, 2.75) is 23.6 Å². The maximum atomic E-state index is 2.48. The summed E-state index contributed by atoms with van der Waals surface area (Å²) in [6.07, 6.45) is 0. The third-order valence-corrected chi connectivity index (χ3v) is 14.0. The zero-order chi connectivity index (χ0) is 24.3. The van der Waals surface area contributed by atoms with E-state index in [2.05, 4.69) is 135 Å². The first-order valence-corrected chi connectivity index (χ1v) is 15.3. The number of benzene rings is 6. The molecule has 0 aliphatic carbocycles. The maximum absolute atomic E-state index is 2.59. The third-order valence-electron chi connectivity index (χ3n) is 7.66. The summed E-state index contributed by atoms with van der Waals surface area (Å²) >= 11 is 1.93. The Morgan fingerprint density at radius 1 is 0.444 bits per heavy atom. The molecule has 7 rings (SSSR count). The molecule has 0 amide bonds. The lowest BCUT2D eigenvalue weighted by atomic mass is 10.1. The molecule has 0 fully saturated rings. The first-order valence-electron chi connectivity index (χ1n) is 12.5. The number of hydrogen-bond acceptors (Lipinski definition) is 1. The van der Waals surface area contributed by atoms with Gasteiger partial charge >= 0.3 is 0 Å². The Labute approximate surface area is 217 Å². The fraction of sp³-hybridized carbons (Fsp3) is 0.0588. The molecular formula is C34H26SSi. The quantitative estimate of drug-likeness (QED) is 0.249. The molecule has 0 aromatic heterocycles. The van der Waals surface area contributed by atoms with Crippen molar-refractivity contribution in [3.8, 4) is 0 Å². The van der Waals surface area contributed by atoms with Gasteiger partial charge in [0.1, 0.15) is 0 Å². The highest BCUT2D eigenvalue weighted by atomic mass is 32.2.